The molecule has 2 heterocycles. The number of likely N-dealkylation sites (tertiary alicyclic amines) is 1. The fourth-order valence-electron chi connectivity index (χ4n) is 3.60. The summed E-state index contributed by atoms with van der Waals surface area (Å²) in [5.41, 5.74) is 0.452. The van der Waals surface area contributed by atoms with Crippen molar-refractivity contribution in [3.63, 3.8) is 0 Å². The Morgan fingerprint density at radius 1 is 1.38 bits per heavy atom. The number of rotatable bonds is 3. The molecule has 0 spiro atoms. The first-order valence-corrected chi connectivity index (χ1v) is 7.06. The van der Waals surface area contributed by atoms with E-state index in [-0.39, 0.29) is 0 Å². The van der Waals surface area contributed by atoms with Gasteiger partial charge in [-0.15, -0.1) is 0 Å². The van der Waals surface area contributed by atoms with Gasteiger partial charge in [0.1, 0.15) is 0 Å². The fourth-order valence-corrected chi connectivity index (χ4v) is 3.60. The zero-order valence-corrected chi connectivity index (χ0v) is 11.3. The van der Waals surface area contributed by atoms with Gasteiger partial charge >= 0.3 is 0 Å². The molecular formula is C14H28N2. The molecule has 2 aliphatic heterocycles. The lowest BCUT2D eigenvalue weighted by Crippen LogP contribution is -2.53. The van der Waals surface area contributed by atoms with Crippen molar-refractivity contribution < 1.29 is 0 Å². The third-order valence-corrected chi connectivity index (χ3v) is 4.77. The van der Waals surface area contributed by atoms with Crippen molar-refractivity contribution in [3.8, 4) is 0 Å². The van der Waals surface area contributed by atoms with Crippen molar-refractivity contribution in [2.24, 2.45) is 11.8 Å². The minimum absolute atomic E-state index is 0.452. The van der Waals surface area contributed by atoms with Crippen LogP contribution in [0.25, 0.3) is 0 Å². The lowest BCUT2D eigenvalue weighted by Gasteiger charge is -2.44. The van der Waals surface area contributed by atoms with E-state index in [1.165, 1.54) is 51.7 Å². The number of piperidine rings is 1. The third-order valence-electron chi connectivity index (χ3n) is 4.77. The van der Waals surface area contributed by atoms with Gasteiger partial charge in [-0.25, -0.2) is 0 Å². The molecule has 0 amide bonds. The predicted octanol–water partition coefficient (Wildman–Crippen LogP) is 2.50. The molecule has 2 atom stereocenters. The highest BCUT2D eigenvalue weighted by Gasteiger charge is 2.38. The molecule has 0 aromatic rings. The van der Waals surface area contributed by atoms with E-state index in [9.17, 15) is 0 Å². The second-order valence-electron chi connectivity index (χ2n) is 6.32. The van der Waals surface area contributed by atoms with Crippen LogP contribution in [0.2, 0.25) is 0 Å². The van der Waals surface area contributed by atoms with E-state index in [1.54, 1.807) is 0 Å². The van der Waals surface area contributed by atoms with E-state index >= 15 is 0 Å². The number of nitrogens with zero attached hydrogens (tertiary/aromatic N) is 1. The Kier molecular flexibility index (Phi) is 3.91. The van der Waals surface area contributed by atoms with Crippen molar-refractivity contribution in [2.45, 2.75) is 51.5 Å². The van der Waals surface area contributed by atoms with E-state index in [0.717, 1.165) is 11.8 Å². The minimum atomic E-state index is 0.452. The fraction of sp³-hybridized carbons (Fsp3) is 1.00. The van der Waals surface area contributed by atoms with E-state index in [4.69, 9.17) is 0 Å². The Hall–Kier alpha value is -0.0800. The lowest BCUT2D eigenvalue weighted by atomic mass is 9.73. The number of hydrogen-bond donors (Lipinski definition) is 1. The average Bonchev–Trinajstić information content (AvgIpc) is 2.65. The van der Waals surface area contributed by atoms with Crippen LogP contribution in [0.4, 0.5) is 0 Å². The molecule has 2 rings (SSSR count). The minimum Gasteiger partial charge on any atom is -0.311 e. The first-order valence-electron chi connectivity index (χ1n) is 7.06. The van der Waals surface area contributed by atoms with Crippen molar-refractivity contribution in [1.82, 2.24) is 10.2 Å². The van der Waals surface area contributed by atoms with Gasteiger partial charge in [0.05, 0.1) is 0 Å². The lowest BCUT2D eigenvalue weighted by molar-refractivity contribution is 0.144. The first kappa shape index (κ1) is 12.4. The van der Waals surface area contributed by atoms with Crippen LogP contribution >= 0.6 is 0 Å². The molecular weight excluding hydrogens is 196 g/mol. The second-order valence-corrected chi connectivity index (χ2v) is 6.32. The van der Waals surface area contributed by atoms with Crippen LogP contribution in [0, 0.1) is 11.8 Å². The van der Waals surface area contributed by atoms with Crippen LogP contribution in [-0.4, -0.2) is 37.1 Å². The highest BCUT2D eigenvalue weighted by atomic mass is 15.1. The summed E-state index contributed by atoms with van der Waals surface area (Å²) in [7, 11) is 2.26. The average molecular weight is 224 g/mol. The summed E-state index contributed by atoms with van der Waals surface area (Å²) in [6.07, 6.45) is 7.00. The Morgan fingerprint density at radius 3 is 2.69 bits per heavy atom. The van der Waals surface area contributed by atoms with E-state index < -0.39 is 0 Å². The van der Waals surface area contributed by atoms with Gasteiger partial charge < -0.3 is 10.2 Å². The SMILES string of the molecule is CC(C)C1(CC2CCN(C)C2)CCCCN1. The molecule has 0 aromatic carbocycles. The topological polar surface area (TPSA) is 15.3 Å². The van der Waals surface area contributed by atoms with Gasteiger partial charge in [-0.3, -0.25) is 0 Å². The van der Waals surface area contributed by atoms with E-state index in [1.807, 2.05) is 0 Å². The zero-order chi connectivity index (χ0) is 11.6. The summed E-state index contributed by atoms with van der Waals surface area (Å²) in [6, 6.07) is 0. The van der Waals surface area contributed by atoms with Gasteiger partial charge in [-0.05, 0) is 57.7 Å². The van der Waals surface area contributed by atoms with Crippen molar-refractivity contribution in [1.29, 1.82) is 0 Å². The van der Waals surface area contributed by atoms with Crippen LogP contribution in [0.15, 0.2) is 0 Å². The van der Waals surface area contributed by atoms with Gasteiger partial charge in [0.25, 0.3) is 0 Å². The van der Waals surface area contributed by atoms with E-state index in [2.05, 4.69) is 31.1 Å². The molecule has 2 unspecified atom stereocenters. The molecule has 2 heteroatoms. The van der Waals surface area contributed by atoms with Crippen molar-refractivity contribution >= 4 is 0 Å². The smallest absolute Gasteiger partial charge is 0.0207 e. The third kappa shape index (κ3) is 2.60. The molecule has 16 heavy (non-hydrogen) atoms. The summed E-state index contributed by atoms with van der Waals surface area (Å²) < 4.78 is 0. The first-order chi connectivity index (χ1) is 7.62. The Labute approximate surface area is 101 Å². The van der Waals surface area contributed by atoms with Crippen molar-refractivity contribution in [3.05, 3.63) is 0 Å². The monoisotopic (exact) mass is 224 g/mol. The van der Waals surface area contributed by atoms with Crippen LogP contribution in [0.5, 0.6) is 0 Å². The van der Waals surface area contributed by atoms with Gasteiger partial charge in [-0.2, -0.15) is 0 Å². The standard InChI is InChI=1S/C14H28N2/c1-12(2)14(7-4-5-8-15-14)10-13-6-9-16(3)11-13/h12-13,15H,4-11H2,1-3H3. The Morgan fingerprint density at radius 2 is 2.19 bits per heavy atom. The van der Waals surface area contributed by atoms with Crippen LogP contribution in [0.1, 0.15) is 46.0 Å². The molecule has 2 aliphatic rings. The highest BCUT2D eigenvalue weighted by molar-refractivity contribution is 4.96. The summed E-state index contributed by atoms with van der Waals surface area (Å²) in [5.74, 6) is 1.71. The summed E-state index contributed by atoms with van der Waals surface area (Å²) in [6.45, 7) is 8.66. The molecule has 2 saturated heterocycles. The number of hydrogen-bond acceptors (Lipinski definition) is 2. The van der Waals surface area contributed by atoms with Crippen LogP contribution < -0.4 is 5.32 Å². The Bertz CT molecular complexity index is 219. The largest absolute Gasteiger partial charge is 0.311 e. The quantitative estimate of drug-likeness (QED) is 0.792. The maximum Gasteiger partial charge on any atom is 0.0207 e. The number of nitrogens with one attached hydrogen (secondary N) is 1. The van der Waals surface area contributed by atoms with Crippen molar-refractivity contribution in [2.75, 3.05) is 26.7 Å². The van der Waals surface area contributed by atoms with Gasteiger partial charge in [0, 0.05) is 12.1 Å². The summed E-state index contributed by atoms with van der Waals surface area (Å²) in [4.78, 5) is 2.49. The molecule has 0 aliphatic carbocycles. The normalized spacial score (nSPS) is 37.1. The Balaban J connectivity index is 1.96. The molecule has 0 bridgehead atoms. The maximum absolute atomic E-state index is 3.86. The predicted molar refractivity (Wildman–Crippen MR) is 69.6 cm³/mol. The summed E-state index contributed by atoms with van der Waals surface area (Å²) in [5, 5.41) is 3.86. The molecule has 2 nitrogen and oxygen atoms in total. The highest BCUT2D eigenvalue weighted by Crippen LogP contribution is 2.35. The van der Waals surface area contributed by atoms with Crippen LogP contribution in [0.3, 0.4) is 0 Å². The van der Waals surface area contributed by atoms with Crippen LogP contribution in [-0.2, 0) is 0 Å². The molecule has 0 saturated carbocycles. The molecule has 0 radical (unpaired) electrons. The molecule has 94 valence electrons. The molecule has 0 aromatic heterocycles. The van der Waals surface area contributed by atoms with Gasteiger partial charge in [0.2, 0.25) is 0 Å². The molecule has 1 N–H and O–H groups in total. The molecule has 2 fully saturated rings. The van der Waals surface area contributed by atoms with Gasteiger partial charge in [-0.1, -0.05) is 20.3 Å². The van der Waals surface area contributed by atoms with E-state index in [0.29, 0.717) is 5.54 Å². The maximum atomic E-state index is 3.86. The summed E-state index contributed by atoms with van der Waals surface area (Å²) >= 11 is 0. The second kappa shape index (κ2) is 5.05. The van der Waals surface area contributed by atoms with Gasteiger partial charge in [0.15, 0.2) is 0 Å². The zero-order valence-electron chi connectivity index (χ0n) is 11.3.